The topological polar surface area (TPSA) is 58.9 Å². The van der Waals surface area contributed by atoms with Crippen LogP contribution < -0.4 is 9.47 Å². The van der Waals surface area contributed by atoms with Crippen molar-refractivity contribution in [3.8, 4) is 23.0 Å². The lowest BCUT2D eigenvalue weighted by Crippen LogP contribution is -2.14. The Morgan fingerprint density at radius 3 is 1.30 bits per heavy atom. The number of phenolic OH excluding ortho intramolecular Hbond substituents is 2. The van der Waals surface area contributed by atoms with Gasteiger partial charge < -0.3 is 19.7 Å². The van der Waals surface area contributed by atoms with Gasteiger partial charge in [-0.15, -0.1) is 0 Å². The predicted octanol–water partition coefficient (Wildman–Crippen LogP) is 7.64. The largest absolute Gasteiger partial charge is 0.507 e. The van der Waals surface area contributed by atoms with Gasteiger partial charge in [-0.1, -0.05) is 68.2 Å². The summed E-state index contributed by atoms with van der Waals surface area (Å²) in [5.74, 6) is 2.04. The fraction of sp³-hybridized carbons (Fsp3) is 0.586. The summed E-state index contributed by atoms with van der Waals surface area (Å²) < 4.78 is 12.0. The van der Waals surface area contributed by atoms with Gasteiger partial charge in [-0.2, -0.15) is 0 Å². The van der Waals surface area contributed by atoms with Crippen molar-refractivity contribution in [1.82, 2.24) is 0 Å². The summed E-state index contributed by atoms with van der Waals surface area (Å²) in [5.41, 5.74) is 2.69. The van der Waals surface area contributed by atoms with Crippen LogP contribution in [0.15, 0.2) is 24.3 Å². The predicted molar refractivity (Wildman–Crippen MR) is 137 cm³/mol. The molecular weight excluding hydrogens is 412 g/mol. The zero-order valence-electron chi connectivity index (χ0n) is 22.0. The Kier molecular flexibility index (Phi) is 9.11. The van der Waals surface area contributed by atoms with Crippen LogP contribution >= 0.6 is 0 Å². The number of hydrogen-bond acceptors (Lipinski definition) is 4. The number of unbranched alkanes of at least 4 members (excludes halogenated alkanes) is 2. The van der Waals surface area contributed by atoms with Gasteiger partial charge in [0.25, 0.3) is 0 Å². The monoisotopic (exact) mass is 456 g/mol. The van der Waals surface area contributed by atoms with Crippen molar-refractivity contribution in [2.24, 2.45) is 0 Å². The third kappa shape index (κ3) is 7.31. The van der Waals surface area contributed by atoms with Crippen LogP contribution in [0.25, 0.3) is 0 Å². The maximum absolute atomic E-state index is 11.2. The highest BCUT2D eigenvalue weighted by atomic mass is 16.5. The molecular formula is C29H44O4. The third-order valence-electron chi connectivity index (χ3n) is 5.85. The van der Waals surface area contributed by atoms with E-state index in [9.17, 15) is 10.2 Å². The second-order valence-electron chi connectivity index (χ2n) is 11.0. The molecule has 0 aliphatic carbocycles. The molecule has 0 heterocycles. The maximum atomic E-state index is 11.2. The molecule has 0 saturated heterocycles. The van der Waals surface area contributed by atoms with Crippen LogP contribution in [0.3, 0.4) is 0 Å². The van der Waals surface area contributed by atoms with Gasteiger partial charge in [0.15, 0.2) is 0 Å². The normalized spacial score (nSPS) is 12.1. The van der Waals surface area contributed by atoms with Crippen LogP contribution in [0.2, 0.25) is 0 Å². The number of benzene rings is 2. The van der Waals surface area contributed by atoms with Gasteiger partial charge in [-0.3, -0.25) is 0 Å². The SMILES string of the molecule is CCCCOc1cc(Cc2cc(OCCCC)cc(C(C)(C)C)c2O)c(O)c(C(C)(C)C)c1. The van der Waals surface area contributed by atoms with Gasteiger partial charge in [-0.25, -0.2) is 0 Å². The first-order chi connectivity index (χ1) is 15.4. The Balaban J connectivity index is 2.55. The van der Waals surface area contributed by atoms with Crippen molar-refractivity contribution in [3.63, 3.8) is 0 Å². The Morgan fingerprint density at radius 1 is 0.636 bits per heavy atom. The van der Waals surface area contributed by atoms with E-state index in [1.54, 1.807) is 0 Å². The van der Waals surface area contributed by atoms with E-state index in [0.29, 0.717) is 19.6 Å². The van der Waals surface area contributed by atoms with Crippen molar-refractivity contribution in [2.75, 3.05) is 13.2 Å². The molecule has 184 valence electrons. The van der Waals surface area contributed by atoms with Gasteiger partial charge in [0.1, 0.15) is 23.0 Å². The van der Waals surface area contributed by atoms with Crippen LogP contribution in [-0.2, 0) is 17.3 Å². The van der Waals surface area contributed by atoms with E-state index in [0.717, 1.165) is 59.4 Å². The molecule has 33 heavy (non-hydrogen) atoms. The smallest absolute Gasteiger partial charge is 0.123 e. The van der Waals surface area contributed by atoms with E-state index in [4.69, 9.17) is 9.47 Å². The highest BCUT2D eigenvalue weighted by Crippen LogP contribution is 2.41. The summed E-state index contributed by atoms with van der Waals surface area (Å²) in [6.45, 7) is 18.1. The maximum Gasteiger partial charge on any atom is 0.123 e. The van der Waals surface area contributed by atoms with Gasteiger partial charge in [0.2, 0.25) is 0 Å². The summed E-state index contributed by atoms with van der Waals surface area (Å²) in [5, 5.41) is 22.4. The number of rotatable bonds is 10. The van der Waals surface area contributed by atoms with Crippen LogP contribution in [0.1, 0.15) is 103 Å². The molecule has 0 bridgehead atoms. The number of aromatic hydroxyl groups is 2. The molecule has 0 saturated carbocycles. The van der Waals surface area contributed by atoms with Crippen LogP contribution in [0, 0.1) is 0 Å². The Bertz CT molecular complexity index is 841. The average Bonchev–Trinajstić information content (AvgIpc) is 2.70. The molecule has 0 radical (unpaired) electrons. The number of hydrogen-bond donors (Lipinski definition) is 2. The van der Waals surface area contributed by atoms with Crippen molar-refractivity contribution in [2.45, 2.75) is 98.3 Å². The lowest BCUT2D eigenvalue weighted by molar-refractivity contribution is 0.306. The minimum Gasteiger partial charge on any atom is -0.507 e. The van der Waals surface area contributed by atoms with E-state index in [2.05, 4.69) is 55.4 Å². The molecule has 0 atom stereocenters. The highest BCUT2D eigenvalue weighted by molar-refractivity contribution is 5.55. The summed E-state index contributed by atoms with van der Waals surface area (Å²) in [7, 11) is 0. The number of ether oxygens (including phenoxy) is 2. The average molecular weight is 457 g/mol. The summed E-state index contributed by atoms with van der Waals surface area (Å²) in [6, 6.07) is 7.69. The molecule has 0 spiro atoms. The van der Waals surface area contributed by atoms with Crippen molar-refractivity contribution in [1.29, 1.82) is 0 Å². The Hall–Kier alpha value is -2.36. The lowest BCUT2D eigenvalue weighted by Gasteiger charge is -2.25. The van der Waals surface area contributed by atoms with Crippen molar-refractivity contribution in [3.05, 3.63) is 46.5 Å². The van der Waals surface area contributed by atoms with Gasteiger partial charge in [0, 0.05) is 28.7 Å². The van der Waals surface area contributed by atoms with Crippen molar-refractivity contribution >= 4 is 0 Å². The van der Waals surface area contributed by atoms with E-state index in [1.165, 1.54) is 0 Å². The van der Waals surface area contributed by atoms with E-state index in [1.807, 2.05) is 24.3 Å². The molecule has 4 nitrogen and oxygen atoms in total. The molecule has 0 unspecified atom stereocenters. The minimum absolute atomic E-state index is 0.243. The first kappa shape index (κ1) is 26.9. The standard InChI is InChI=1S/C29H44O4/c1-9-11-13-32-22-16-20(26(30)24(18-22)28(3,4)5)15-21-17-23(33-14-12-10-2)19-25(27(21)31)29(6,7)8/h16-19,30-31H,9-15H2,1-8H3. The molecule has 2 aromatic rings. The molecule has 2 N–H and O–H groups in total. The van der Waals surface area contributed by atoms with Gasteiger partial charge >= 0.3 is 0 Å². The quantitative estimate of drug-likeness (QED) is 0.361. The number of phenols is 2. The fourth-order valence-corrected chi connectivity index (χ4v) is 3.78. The molecule has 4 heteroatoms. The highest BCUT2D eigenvalue weighted by Gasteiger charge is 2.25. The fourth-order valence-electron chi connectivity index (χ4n) is 3.78. The molecule has 0 aliphatic rings. The first-order valence-electron chi connectivity index (χ1n) is 12.4. The minimum atomic E-state index is -0.243. The molecule has 0 fully saturated rings. The Morgan fingerprint density at radius 2 is 1.00 bits per heavy atom. The third-order valence-corrected chi connectivity index (χ3v) is 5.85. The zero-order valence-corrected chi connectivity index (χ0v) is 22.0. The molecule has 2 rings (SSSR count). The lowest BCUT2D eigenvalue weighted by atomic mass is 9.82. The van der Waals surface area contributed by atoms with Crippen LogP contribution in [0.4, 0.5) is 0 Å². The summed E-state index contributed by atoms with van der Waals surface area (Å²) >= 11 is 0. The second-order valence-corrected chi connectivity index (χ2v) is 11.0. The molecule has 0 aromatic heterocycles. The first-order valence-corrected chi connectivity index (χ1v) is 12.4. The molecule has 2 aromatic carbocycles. The van der Waals surface area contributed by atoms with Gasteiger partial charge in [-0.05, 0) is 47.9 Å². The van der Waals surface area contributed by atoms with Crippen LogP contribution in [0.5, 0.6) is 23.0 Å². The summed E-state index contributed by atoms with van der Waals surface area (Å²) in [6.07, 6.45) is 4.47. The van der Waals surface area contributed by atoms with E-state index >= 15 is 0 Å². The van der Waals surface area contributed by atoms with Crippen molar-refractivity contribution < 1.29 is 19.7 Å². The molecule has 0 aliphatic heterocycles. The van der Waals surface area contributed by atoms with E-state index in [-0.39, 0.29) is 22.3 Å². The van der Waals surface area contributed by atoms with Crippen LogP contribution in [-0.4, -0.2) is 23.4 Å². The van der Waals surface area contributed by atoms with Gasteiger partial charge in [0.05, 0.1) is 13.2 Å². The van der Waals surface area contributed by atoms with E-state index < -0.39 is 0 Å². The summed E-state index contributed by atoms with van der Waals surface area (Å²) in [4.78, 5) is 0. The Labute approximate surface area is 201 Å². The molecule has 0 amide bonds. The second kappa shape index (κ2) is 11.2. The zero-order chi connectivity index (χ0) is 24.8.